The highest BCUT2D eigenvalue weighted by molar-refractivity contribution is 5.84. The van der Waals surface area contributed by atoms with Crippen molar-refractivity contribution in [3.63, 3.8) is 0 Å². The molecule has 0 fully saturated rings. The largest absolute Gasteiger partial charge is 0.383 e. The maximum atomic E-state index is 5.20. The molecule has 16 heavy (non-hydrogen) atoms. The second-order valence-electron chi connectivity index (χ2n) is 3.71. The number of nitrogens with zero attached hydrogens (tertiary/aromatic N) is 1. The van der Waals surface area contributed by atoms with Crippen molar-refractivity contribution < 1.29 is 4.74 Å². The lowest BCUT2D eigenvalue weighted by Gasteiger charge is -2.16. The number of pyridine rings is 1. The van der Waals surface area contributed by atoms with Gasteiger partial charge in [0.1, 0.15) is 0 Å². The third-order valence-electron chi connectivity index (χ3n) is 2.72. The van der Waals surface area contributed by atoms with Gasteiger partial charge in [-0.05, 0) is 18.5 Å². The average molecular weight is 216 g/mol. The topological polar surface area (TPSA) is 34.1 Å². The third-order valence-corrected chi connectivity index (χ3v) is 2.72. The Balaban J connectivity index is 2.50. The van der Waals surface area contributed by atoms with E-state index in [1.807, 2.05) is 31.4 Å². The van der Waals surface area contributed by atoms with Crippen molar-refractivity contribution in [2.24, 2.45) is 0 Å². The van der Waals surface area contributed by atoms with Gasteiger partial charge in [-0.15, -0.1) is 0 Å². The van der Waals surface area contributed by atoms with Crippen molar-refractivity contribution in [2.45, 2.75) is 6.04 Å². The van der Waals surface area contributed by atoms with Crippen molar-refractivity contribution in [3.8, 4) is 0 Å². The number of hydrogen-bond donors (Lipinski definition) is 1. The van der Waals surface area contributed by atoms with Crippen LogP contribution < -0.4 is 5.32 Å². The van der Waals surface area contributed by atoms with Crippen LogP contribution in [0, 0.1) is 0 Å². The highest BCUT2D eigenvalue weighted by Crippen LogP contribution is 2.21. The third kappa shape index (κ3) is 2.05. The Morgan fingerprint density at radius 3 is 2.88 bits per heavy atom. The van der Waals surface area contributed by atoms with Gasteiger partial charge < -0.3 is 10.1 Å². The van der Waals surface area contributed by atoms with E-state index in [0.29, 0.717) is 6.61 Å². The fourth-order valence-corrected chi connectivity index (χ4v) is 1.89. The number of benzene rings is 1. The molecule has 1 N–H and O–H groups in total. The van der Waals surface area contributed by atoms with Crippen molar-refractivity contribution in [2.75, 3.05) is 20.8 Å². The fourth-order valence-electron chi connectivity index (χ4n) is 1.89. The summed E-state index contributed by atoms with van der Waals surface area (Å²) in [4.78, 5) is 4.45. The second-order valence-corrected chi connectivity index (χ2v) is 3.71. The minimum atomic E-state index is 0.135. The van der Waals surface area contributed by atoms with E-state index in [2.05, 4.69) is 22.4 Å². The molecule has 0 aliphatic carbocycles. The lowest BCUT2D eigenvalue weighted by atomic mass is 10.1. The minimum absolute atomic E-state index is 0.135. The number of nitrogens with one attached hydrogen (secondary N) is 1. The van der Waals surface area contributed by atoms with Gasteiger partial charge in [-0.3, -0.25) is 4.98 Å². The van der Waals surface area contributed by atoms with Gasteiger partial charge in [0.05, 0.1) is 18.3 Å². The summed E-state index contributed by atoms with van der Waals surface area (Å²) in [5.41, 5.74) is 1.04. The van der Waals surface area contributed by atoms with Crippen molar-refractivity contribution >= 4 is 10.8 Å². The minimum Gasteiger partial charge on any atom is -0.383 e. The van der Waals surface area contributed by atoms with Crippen LogP contribution in [0.1, 0.15) is 11.7 Å². The van der Waals surface area contributed by atoms with E-state index < -0.39 is 0 Å². The van der Waals surface area contributed by atoms with Gasteiger partial charge in [0.25, 0.3) is 0 Å². The van der Waals surface area contributed by atoms with Crippen LogP contribution in [0.25, 0.3) is 10.8 Å². The predicted octanol–water partition coefficient (Wildman–Crippen LogP) is 2.14. The molecule has 0 bridgehead atoms. The van der Waals surface area contributed by atoms with E-state index in [1.165, 1.54) is 10.8 Å². The van der Waals surface area contributed by atoms with Crippen molar-refractivity contribution in [1.29, 1.82) is 0 Å². The SMILES string of the molecule is CNC(COC)c1nccc2ccccc12. The quantitative estimate of drug-likeness (QED) is 0.850. The first-order chi connectivity index (χ1) is 7.86. The van der Waals surface area contributed by atoms with Gasteiger partial charge in [-0.2, -0.15) is 0 Å². The van der Waals surface area contributed by atoms with Gasteiger partial charge in [-0.25, -0.2) is 0 Å². The number of fused-ring (bicyclic) bond motifs is 1. The molecule has 1 unspecified atom stereocenters. The van der Waals surface area contributed by atoms with E-state index in [0.717, 1.165) is 5.69 Å². The summed E-state index contributed by atoms with van der Waals surface area (Å²) in [7, 11) is 3.63. The molecule has 84 valence electrons. The van der Waals surface area contributed by atoms with Crippen LogP contribution in [0.15, 0.2) is 36.5 Å². The zero-order chi connectivity index (χ0) is 11.4. The highest BCUT2D eigenvalue weighted by Gasteiger charge is 2.13. The summed E-state index contributed by atoms with van der Waals surface area (Å²) in [6.45, 7) is 0.623. The molecule has 3 heteroatoms. The predicted molar refractivity (Wildman–Crippen MR) is 65.4 cm³/mol. The smallest absolute Gasteiger partial charge is 0.0736 e. The highest BCUT2D eigenvalue weighted by atomic mass is 16.5. The van der Waals surface area contributed by atoms with Crippen LogP contribution >= 0.6 is 0 Å². The molecule has 0 spiro atoms. The molecular formula is C13H16N2O. The Kier molecular flexibility index (Phi) is 3.49. The molecule has 0 saturated carbocycles. The molecule has 1 aromatic carbocycles. The number of rotatable bonds is 4. The van der Waals surface area contributed by atoms with Gasteiger partial charge in [0.2, 0.25) is 0 Å². The van der Waals surface area contributed by atoms with Crippen LogP contribution in [0.5, 0.6) is 0 Å². The van der Waals surface area contributed by atoms with E-state index in [-0.39, 0.29) is 6.04 Å². The molecule has 0 saturated heterocycles. The molecular weight excluding hydrogens is 200 g/mol. The maximum Gasteiger partial charge on any atom is 0.0736 e. The Morgan fingerprint density at radius 2 is 2.12 bits per heavy atom. The van der Waals surface area contributed by atoms with Crippen LogP contribution in [-0.2, 0) is 4.74 Å². The lowest BCUT2D eigenvalue weighted by molar-refractivity contribution is 0.169. The molecule has 2 rings (SSSR count). The molecule has 1 heterocycles. The molecule has 1 atom stereocenters. The average Bonchev–Trinajstić information content (AvgIpc) is 2.35. The number of aromatic nitrogens is 1. The molecule has 2 aromatic rings. The molecule has 1 aromatic heterocycles. The lowest BCUT2D eigenvalue weighted by Crippen LogP contribution is -2.22. The number of likely N-dealkylation sites (N-methyl/N-ethyl adjacent to an activating group) is 1. The summed E-state index contributed by atoms with van der Waals surface area (Å²) >= 11 is 0. The monoisotopic (exact) mass is 216 g/mol. The number of hydrogen-bond acceptors (Lipinski definition) is 3. The van der Waals surface area contributed by atoms with E-state index >= 15 is 0 Å². The standard InChI is InChI=1S/C13H16N2O/c1-14-12(9-16-2)13-11-6-4-3-5-10(11)7-8-15-13/h3-8,12,14H,9H2,1-2H3. The van der Waals surface area contributed by atoms with Gasteiger partial charge >= 0.3 is 0 Å². The van der Waals surface area contributed by atoms with Crippen LogP contribution in [0.3, 0.4) is 0 Å². The normalized spacial score (nSPS) is 12.9. The van der Waals surface area contributed by atoms with Crippen molar-refractivity contribution in [1.82, 2.24) is 10.3 Å². The Hall–Kier alpha value is -1.45. The van der Waals surface area contributed by atoms with Gasteiger partial charge in [0.15, 0.2) is 0 Å². The van der Waals surface area contributed by atoms with Crippen molar-refractivity contribution in [3.05, 3.63) is 42.2 Å². The fraction of sp³-hybridized carbons (Fsp3) is 0.308. The van der Waals surface area contributed by atoms with E-state index in [1.54, 1.807) is 7.11 Å². The Morgan fingerprint density at radius 1 is 1.31 bits per heavy atom. The van der Waals surface area contributed by atoms with E-state index in [9.17, 15) is 0 Å². The molecule has 0 aliphatic heterocycles. The van der Waals surface area contributed by atoms with Gasteiger partial charge in [0, 0.05) is 18.7 Å². The summed E-state index contributed by atoms with van der Waals surface area (Å²) < 4.78 is 5.20. The van der Waals surface area contributed by atoms with Crippen LogP contribution in [0.4, 0.5) is 0 Å². The summed E-state index contributed by atoms with van der Waals surface area (Å²) in [5, 5.41) is 5.62. The van der Waals surface area contributed by atoms with Gasteiger partial charge in [-0.1, -0.05) is 24.3 Å². The summed E-state index contributed by atoms with van der Waals surface area (Å²) in [6.07, 6.45) is 1.84. The molecule has 0 radical (unpaired) electrons. The molecule has 0 aliphatic rings. The molecule has 3 nitrogen and oxygen atoms in total. The first-order valence-corrected chi connectivity index (χ1v) is 5.36. The molecule has 0 amide bonds. The van der Waals surface area contributed by atoms with Crippen LogP contribution in [-0.4, -0.2) is 25.7 Å². The number of methoxy groups -OCH3 is 1. The number of ether oxygens (including phenoxy) is 1. The van der Waals surface area contributed by atoms with Crippen LogP contribution in [0.2, 0.25) is 0 Å². The zero-order valence-corrected chi connectivity index (χ0v) is 9.60. The first-order valence-electron chi connectivity index (χ1n) is 5.36. The second kappa shape index (κ2) is 5.05. The van der Waals surface area contributed by atoms with E-state index in [4.69, 9.17) is 4.74 Å². The Bertz CT molecular complexity index is 465. The maximum absolute atomic E-state index is 5.20. The Labute approximate surface area is 95.5 Å². The zero-order valence-electron chi connectivity index (χ0n) is 9.60. The first kappa shape index (κ1) is 11.0. The summed E-state index contributed by atoms with van der Waals surface area (Å²) in [6, 6.07) is 10.4. The summed E-state index contributed by atoms with van der Waals surface area (Å²) in [5.74, 6) is 0.